The summed E-state index contributed by atoms with van der Waals surface area (Å²) in [5, 5.41) is 18.4. The normalized spacial score (nSPS) is 12.2. The van der Waals surface area contributed by atoms with Gasteiger partial charge in [-0.15, -0.1) is 0 Å². The first-order valence-corrected chi connectivity index (χ1v) is 15.0. The number of carbonyl (C=O) groups is 5. The van der Waals surface area contributed by atoms with Gasteiger partial charge in [-0.05, 0) is 109 Å². The summed E-state index contributed by atoms with van der Waals surface area (Å²) in [7, 11) is 0. The first-order valence-electron chi connectivity index (χ1n) is 15.0. The molecule has 50 heavy (non-hydrogen) atoms. The molecule has 0 bridgehead atoms. The van der Waals surface area contributed by atoms with E-state index in [2.05, 4.69) is 20.2 Å². The first-order chi connectivity index (χ1) is 22.9. The van der Waals surface area contributed by atoms with Crippen LogP contribution in [0.5, 0.6) is 0 Å². The standard InChI is InChI=1S/C33H42O17/c1-30(2,3)43-47-39-26(35)21-18-20(25(34)19-16-14-13-15-17-19)22(27(36)40-48-44-31(4,5)6)24(29(38)42-50-46-33(10,11)12)23(21)28(37)41-49-45-32(7,8)9/h13-18H,1-12H3. The van der Waals surface area contributed by atoms with E-state index in [1.54, 1.807) is 89.2 Å². The van der Waals surface area contributed by atoms with Crippen molar-refractivity contribution in [1.82, 2.24) is 0 Å². The summed E-state index contributed by atoms with van der Waals surface area (Å²) in [6, 6.07) is 8.09. The number of benzene rings is 2. The summed E-state index contributed by atoms with van der Waals surface area (Å²) >= 11 is 0. The van der Waals surface area contributed by atoms with E-state index in [1.165, 1.54) is 24.3 Å². The molecule has 0 spiro atoms. The predicted molar refractivity (Wildman–Crippen MR) is 166 cm³/mol. The van der Waals surface area contributed by atoms with E-state index in [9.17, 15) is 24.0 Å². The van der Waals surface area contributed by atoms with Crippen LogP contribution >= 0.6 is 0 Å². The molecule has 0 aliphatic carbocycles. The molecule has 17 heteroatoms. The van der Waals surface area contributed by atoms with Crippen LogP contribution < -0.4 is 0 Å². The lowest BCUT2D eigenvalue weighted by atomic mass is 9.88. The molecule has 0 aliphatic heterocycles. The molecule has 2 rings (SSSR count). The third-order valence-electron chi connectivity index (χ3n) is 5.02. The van der Waals surface area contributed by atoms with Gasteiger partial charge in [0.1, 0.15) is 0 Å². The fourth-order valence-corrected chi connectivity index (χ4v) is 3.17. The van der Waals surface area contributed by atoms with E-state index in [4.69, 9.17) is 39.1 Å². The van der Waals surface area contributed by atoms with Gasteiger partial charge in [-0.25, -0.2) is 19.2 Å². The molecule has 0 saturated heterocycles. The molecular weight excluding hydrogens is 668 g/mol. The molecule has 17 nitrogen and oxygen atoms in total. The Kier molecular flexibility index (Phi) is 14.3. The molecule has 0 unspecified atom stereocenters. The van der Waals surface area contributed by atoms with Crippen molar-refractivity contribution in [2.45, 2.75) is 105 Å². The molecule has 2 aromatic carbocycles. The third-order valence-corrected chi connectivity index (χ3v) is 5.02. The molecule has 0 fully saturated rings. The molecular formula is C33H42O17. The minimum Gasteiger partial charge on any atom is -0.289 e. The van der Waals surface area contributed by atoms with Crippen LogP contribution in [0.4, 0.5) is 0 Å². The summed E-state index contributed by atoms with van der Waals surface area (Å²) in [6.45, 7) is 18.6. The lowest BCUT2D eigenvalue weighted by Gasteiger charge is -2.20. The Morgan fingerprint density at radius 2 is 0.740 bits per heavy atom. The highest BCUT2D eigenvalue weighted by Crippen LogP contribution is 2.30. The Morgan fingerprint density at radius 1 is 0.420 bits per heavy atom. The van der Waals surface area contributed by atoms with Gasteiger partial charge in [0, 0.05) is 11.1 Å². The maximum absolute atomic E-state index is 14.0. The summed E-state index contributed by atoms with van der Waals surface area (Å²) in [5.41, 5.74) is -8.88. The van der Waals surface area contributed by atoms with E-state index in [0.717, 1.165) is 6.07 Å². The van der Waals surface area contributed by atoms with Gasteiger partial charge in [-0.3, -0.25) is 24.3 Å². The highest BCUT2D eigenvalue weighted by Gasteiger charge is 2.40. The Labute approximate surface area is 288 Å². The second kappa shape index (κ2) is 17.1. The first kappa shape index (κ1) is 41.8. The van der Waals surface area contributed by atoms with Crippen LogP contribution in [0.25, 0.3) is 0 Å². The summed E-state index contributed by atoms with van der Waals surface area (Å²) < 4.78 is 0. The highest BCUT2D eigenvalue weighted by molar-refractivity contribution is 6.22. The van der Waals surface area contributed by atoms with Crippen molar-refractivity contribution in [3.63, 3.8) is 0 Å². The number of rotatable bonds is 14. The van der Waals surface area contributed by atoms with Crippen molar-refractivity contribution in [2.24, 2.45) is 0 Å². The topological polar surface area (TPSA) is 196 Å². The molecule has 0 radical (unpaired) electrons. The van der Waals surface area contributed by atoms with Crippen molar-refractivity contribution in [3.8, 4) is 0 Å². The molecule has 0 atom stereocenters. The van der Waals surface area contributed by atoms with Crippen molar-refractivity contribution < 1.29 is 83.2 Å². The van der Waals surface area contributed by atoms with Crippen LogP contribution in [0.15, 0.2) is 36.4 Å². The maximum Gasteiger partial charge on any atom is 0.378 e. The van der Waals surface area contributed by atoms with Crippen LogP contribution in [-0.2, 0) is 59.3 Å². The van der Waals surface area contributed by atoms with Crippen molar-refractivity contribution >= 4 is 29.7 Å². The van der Waals surface area contributed by atoms with Crippen molar-refractivity contribution in [1.29, 1.82) is 0 Å². The molecule has 0 aliphatic rings. The van der Waals surface area contributed by atoms with Gasteiger partial charge in [-0.1, -0.05) is 30.3 Å². The van der Waals surface area contributed by atoms with E-state index < -0.39 is 79.9 Å². The molecule has 0 heterocycles. The maximum atomic E-state index is 14.0. The Hall–Kier alpha value is -4.33. The summed E-state index contributed by atoms with van der Waals surface area (Å²) in [4.78, 5) is 107. The van der Waals surface area contributed by atoms with E-state index in [0.29, 0.717) is 0 Å². The number of hydrogen-bond donors (Lipinski definition) is 0. The second-order valence-electron chi connectivity index (χ2n) is 14.3. The van der Waals surface area contributed by atoms with E-state index in [-0.39, 0.29) is 5.56 Å². The van der Waals surface area contributed by atoms with Gasteiger partial charge < -0.3 is 0 Å². The highest BCUT2D eigenvalue weighted by atomic mass is 17.5. The average molecular weight is 711 g/mol. The molecule has 0 aromatic heterocycles. The quantitative estimate of drug-likeness (QED) is 0.122. The Balaban J connectivity index is 2.97. The van der Waals surface area contributed by atoms with Crippen LogP contribution in [0.2, 0.25) is 0 Å². The smallest absolute Gasteiger partial charge is 0.289 e. The largest absolute Gasteiger partial charge is 0.378 e. The zero-order valence-corrected chi connectivity index (χ0v) is 29.9. The summed E-state index contributed by atoms with van der Waals surface area (Å²) in [5.74, 6) is -7.37. The number of ketones is 1. The van der Waals surface area contributed by atoms with Crippen LogP contribution in [-0.4, -0.2) is 52.1 Å². The SMILES string of the molecule is CC(C)(C)OOOC(=O)c1cc(C(=O)c2ccccc2)c(C(=O)OOOC(C)(C)C)c(C(=O)OOOC(C)(C)C)c1C(=O)OOOC(C)(C)C. The monoisotopic (exact) mass is 710 g/mol. The van der Waals surface area contributed by atoms with Gasteiger partial charge in [0.15, 0.2) is 5.78 Å². The van der Waals surface area contributed by atoms with Gasteiger partial charge >= 0.3 is 23.9 Å². The van der Waals surface area contributed by atoms with Gasteiger partial charge in [0.25, 0.3) is 0 Å². The number of carbonyl (C=O) groups excluding carboxylic acids is 5. The Bertz CT molecular complexity index is 1520. The molecule has 0 saturated carbocycles. The van der Waals surface area contributed by atoms with Gasteiger partial charge in [0.2, 0.25) is 0 Å². The third kappa shape index (κ3) is 13.9. The second-order valence-corrected chi connectivity index (χ2v) is 14.3. The minimum atomic E-state index is -1.68. The lowest BCUT2D eigenvalue weighted by Crippen LogP contribution is -2.29. The van der Waals surface area contributed by atoms with Crippen molar-refractivity contribution in [2.75, 3.05) is 0 Å². The van der Waals surface area contributed by atoms with E-state index >= 15 is 0 Å². The zero-order chi connectivity index (χ0) is 38.1. The Morgan fingerprint density at radius 3 is 1.10 bits per heavy atom. The van der Waals surface area contributed by atoms with Crippen LogP contribution in [0.1, 0.15) is 140 Å². The van der Waals surface area contributed by atoms with Gasteiger partial charge in [-0.2, -0.15) is 19.6 Å². The molecule has 0 amide bonds. The summed E-state index contributed by atoms with van der Waals surface area (Å²) in [6.07, 6.45) is 0. The van der Waals surface area contributed by atoms with Gasteiger partial charge in [0.05, 0.1) is 44.7 Å². The fraction of sp³-hybridized carbons (Fsp3) is 0.485. The van der Waals surface area contributed by atoms with Crippen molar-refractivity contribution in [3.05, 3.63) is 69.8 Å². The zero-order valence-electron chi connectivity index (χ0n) is 29.9. The fourth-order valence-electron chi connectivity index (χ4n) is 3.17. The number of hydrogen-bond acceptors (Lipinski definition) is 17. The minimum absolute atomic E-state index is 0.0380. The molecule has 2 aromatic rings. The lowest BCUT2D eigenvalue weighted by molar-refractivity contribution is -0.511. The van der Waals surface area contributed by atoms with Crippen LogP contribution in [0, 0.1) is 0 Å². The average Bonchev–Trinajstić information content (AvgIpc) is 2.97. The predicted octanol–water partition coefficient (Wildman–Crippen LogP) is 6.19. The van der Waals surface area contributed by atoms with Crippen LogP contribution in [0.3, 0.4) is 0 Å². The van der Waals surface area contributed by atoms with E-state index in [1.807, 2.05) is 0 Å². The molecule has 276 valence electrons. The molecule has 0 N–H and O–H groups in total.